The van der Waals surface area contributed by atoms with Crippen LogP contribution in [-0.2, 0) is 6.42 Å². The summed E-state index contributed by atoms with van der Waals surface area (Å²) in [6, 6.07) is 7.10. The van der Waals surface area contributed by atoms with Gasteiger partial charge < -0.3 is 5.32 Å². The fraction of sp³-hybridized carbons (Fsp3) is 0.538. The number of rotatable bonds is 4. The molecule has 1 aliphatic rings. The van der Waals surface area contributed by atoms with Crippen molar-refractivity contribution in [3.05, 3.63) is 34.3 Å². The Labute approximate surface area is 114 Å². The van der Waals surface area contributed by atoms with Crippen molar-refractivity contribution in [1.29, 1.82) is 0 Å². The molecule has 0 amide bonds. The topological polar surface area (TPSA) is 15.3 Å². The molecule has 0 bridgehead atoms. The molecule has 0 radical (unpaired) electrons. The van der Waals surface area contributed by atoms with Crippen molar-refractivity contribution < 1.29 is 8.78 Å². The average Bonchev–Trinajstić information content (AvgIpc) is 2.32. The molecule has 1 N–H and O–H groups in total. The predicted octanol–water partition coefficient (Wildman–Crippen LogP) is 2.53. The number of benzene rings is 1. The van der Waals surface area contributed by atoms with E-state index in [2.05, 4.69) is 21.2 Å². The van der Waals surface area contributed by atoms with Crippen molar-refractivity contribution in [2.24, 2.45) is 0 Å². The second kappa shape index (κ2) is 6.08. The van der Waals surface area contributed by atoms with Gasteiger partial charge in [0.25, 0.3) is 5.92 Å². The lowest BCUT2D eigenvalue weighted by Crippen LogP contribution is -2.48. The lowest BCUT2D eigenvalue weighted by molar-refractivity contribution is -0.0337. The maximum Gasteiger partial charge on any atom is 0.264 e. The van der Waals surface area contributed by atoms with Gasteiger partial charge in [-0.2, -0.15) is 0 Å². The van der Waals surface area contributed by atoms with Gasteiger partial charge in [0.2, 0.25) is 0 Å². The third-order valence-electron chi connectivity index (χ3n) is 3.04. The predicted molar refractivity (Wildman–Crippen MR) is 72.1 cm³/mol. The van der Waals surface area contributed by atoms with Crippen LogP contribution in [0.2, 0.25) is 0 Å². The molecule has 0 spiro atoms. The Morgan fingerprint density at radius 2 is 1.78 bits per heavy atom. The summed E-state index contributed by atoms with van der Waals surface area (Å²) in [5.41, 5.74) is 0.679. The molecule has 0 unspecified atom stereocenters. The number of alkyl halides is 2. The number of nitrogens with zero attached hydrogens (tertiary/aromatic N) is 1. The second-order valence-corrected chi connectivity index (χ2v) is 5.60. The first-order chi connectivity index (χ1) is 8.55. The second-order valence-electron chi connectivity index (χ2n) is 4.69. The number of piperazine rings is 1. The smallest absolute Gasteiger partial charge is 0.264 e. The molecule has 1 fully saturated rings. The SMILES string of the molecule is FC(F)(Cc1ccc(Br)cc1)CN1CCNCC1. The van der Waals surface area contributed by atoms with Crippen LogP contribution in [0.4, 0.5) is 8.78 Å². The van der Waals surface area contributed by atoms with Crippen molar-refractivity contribution in [2.75, 3.05) is 32.7 Å². The summed E-state index contributed by atoms with van der Waals surface area (Å²) in [5.74, 6) is -2.66. The molecule has 0 aliphatic carbocycles. The van der Waals surface area contributed by atoms with Crippen LogP contribution in [0.15, 0.2) is 28.7 Å². The Kier molecular flexibility index (Phi) is 4.70. The highest BCUT2D eigenvalue weighted by atomic mass is 79.9. The lowest BCUT2D eigenvalue weighted by atomic mass is 10.1. The van der Waals surface area contributed by atoms with E-state index in [0.717, 1.165) is 17.6 Å². The molecule has 2 rings (SSSR count). The largest absolute Gasteiger partial charge is 0.314 e. The van der Waals surface area contributed by atoms with Gasteiger partial charge in [-0.3, -0.25) is 4.90 Å². The summed E-state index contributed by atoms with van der Waals surface area (Å²) >= 11 is 3.30. The van der Waals surface area contributed by atoms with Gasteiger partial charge in [0, 0.05) is 37.1 Å². The first-order valence-electron chi connectivity index (χ1n) is 6.10. The fourth-order valence-electron chi connectivity index (χ4n) is 2.15. The first-order valence-corrected chi connectivity index (χ1v) is 6.90. The van der Waals surface area contributed by atoms with Crippen molar-refractivity contribution in [3.63, 3.8) is 0 Å². The number of halogens is 3. The molecule has 1 heterocycles. The van der Waals surface area contributed by atoms with E-state index < -0.39 is 5.92 Å². The summed E-state index contributed by atoms with van der Waals surface area (Å²) < 4.78 is 28.8. The van der Waals surface area contributed by atoms with Crippen LogP contribution in [0.3, 0.4) is 0 Å². The summed E-state index contributed by atoms with van der Waals surface area (Å²) in [6.45, 7) is 2.86. The molecule has 1 aromatic carbocycles. The van der Waals surface area contributed by atoms with Crippen LogP contribution in [0.25, 0.3) is 0 Å². The zero-order valence-electron chi connectivity index (χ0n) is 10.1. The van der Waals surface area contributed by atoms with E-state index in [1.165, 1.54) is 0 Å². The van der Waals surface area contributed by atoms with E-state index in [0.29, 0.717) is 18.7 Å². The molecule has 0 atom stereocenters. The van der Waals surface area contributed by atoms with E-state index in [1.54, 1.807) is 24.3 Å². The van der Waals surface area contributed by atoms with Gasteiger partial charge in [-0.1, -0.05) is 28.1 Å². The third-order valence-corrected chi connectivity index (χ3v) is 3.57. The Balaban J connectivity index is 1.91. The fourth-order valence-corrected chi connectivity index (χ4v) is 2.42. The highest BCUT2D eigenvalue weighted by Gasteiger charge is 2.32. The zero-order chi connectivity index (χ0) is 13.0. The molecular formula is C13H17BrF2N2. The van der Waals surface area contributed by atoms with Crippen LogP contribution >= 0.6 is 15.9 Å². The first kappa shape index (κ1) is 13.9. The highest BCUT2D eigenvalue weighted by Crippen LogP contribution is 2.22. The standard InChI is InChI=1S/C13H17BrF2N2/c14-12-3-1-11(2-4-12)9-13(15,16)10-18-7-5-17-6-8-18/h1-4,17H,5-10H2. The Morgan fingerprint density at radius 3 is 2.39 bits per heavy atom. The van der Waals surface area contributed by atoms with E-state index in [9.17, 15) is 8.78 Å². The van der Waals surface area contributed by atoms with Crippen LogP contribution < -0.4 is 5.32 Å². The molecule has 18 heavy (non-hydrogen) atoms. The number of nitrogens with one attached hydrogen (secondary N) is 1. The van der Waals surface area contributed by atoms with Gasteiger partial charge >= 0.3 is 0 Å². The zero-order valence-corrected chi connectivity index (χ0v) is 11.7. The van der Waals surface area contributed by atoms with E-state index >= 15 is 0 Å². The minimum Gasteiger partial charge on any atom is -0.314 e. The van der Waals surface area contributed by atoms with Crippen LogP contribution in [0.5, 0.6) is 0 Å². The van der Waals surface area contributed by atoms with Crippen molar-refractivity contribution >= 4 is 15.9 Å². The van der Waals surface area contributed by atoms with E-state index in [1.807, 2.05) is 4.90 Å². The Morgan fingerprint density at radius 1 is 1.17 bits per heavy atom. The average molecular weight is 319 g/mol. The molecule has 0 aromatic heterocycles. The summed E-state index contributed by atoms with van der Waals surface area (Å²) in [6.07, 6.45) is -0.190. The van der Waals surface area contributed by atoms with Gasteiger partial charge in [-0.05, 0) is 17.7 Å². The van der Waals surface area contributed by atoms with Crippen molar-refractivity contribution in [1.82, 2.24) is 10.2 Å². The van der Waals surface area contributed by atoms with E-state index in [4.69, 9.17) is 0 Å². The molecule has 100 valence electrons. The van der Waals surface area contributed by atoms with Crippen LogP contribution in [-0.4, -0.2) is 43.5 Å². The molecule has 2 nitrogen and oxygen atoms in total. The Bertz CT molecular complexity index is 375. The molecular weight excluding hydrogens is 302 g/mol. The maximum atomic E-state index is 13.9. The highest BCUT2D eigenvalue weighted by molar-refractivity contribution is 9.10. The van der Waals surface area contributed by atoms with Gasteiger partial charge in [0.05, 0.1) is 6.54 Å². The number of hydrogen-bond donors (Lipinski definition) is 1. The molecule has 1 saturated heterocycles. The van der Waals surface area contributed by atoms with E-state index in [-0.39, 0.29) is 13.0 Å². The van der Waals surface area contributed by atoms with Crippen LogP contribution in [0, 0.1) is 0 Å². The minimum absolute atomic E-state index is 0.148. The molecule has 1 aromatic rings. The third kappa shape index (κ3) is 4.30. The van der Waals surface area contributed by atoms with Gasteiger partial charge in [-0.15, -0.1) is 0 Å². The summed E-state index contributed by atoms with van der Waals surface area (Å²) in [4.78, 5) is 1.83. The lowest BCUT2D eigenvalue weighted by Gasteiger charge is -2.30. The van der Waals surface area contributed by atoms with Gasteiger partial charge in [0.1, 0.15) is 0 Å². The van der Waals surface area contributed by atoms with Crippen molar-refractivity contribution in [2.45, 2.75) is 12.3 Å². The maximum absolute atomic E-state index is 13.9. The summed E-state index contributed by atoms with van der Waals surface area (Å²) in [7, 11) is 0. The monoisotopic (exact) mass is 318 g/mol. The quantitative estimate of drug-likeness (QED) is 0.917. The number of hydrogen-bond acceptors (Lipinski definition) is 2. The van der Waals surface area contributed by atoms with Gasteiger partial charge in [-0.25, -0.2) is 8.78 Å². The Hall–Kier alpha value is -0.520. The van der Waals surface area contributed by atoms with Crippen molar-refractivity contribution in [3.8, 4) is 0 Å². The minimum atomic E-state index is -2.66. The molecule has 0 saturated carbocycles. The molecule has 1 aliphatic heterocycles. The molecule has 5 heteroatoms. The van der Waals surface area contributed by atoms with Gasteiger partial charge in [0.15, 0.2) is 0 Å². The summed E-state index contributed by atoms with van der Waals surface area (Å²) in [5, 5.41) is 3.16. The normalized spacial score (nSPS) is 17.9. The van der Waals surface area contributed by atoms with Crippen LogP contribution in [0.1, 0.15) is 5.56 Å².